The maximum atomic E-state index is 9.94. The molecule has 0 heterocycles. The van der Waals surface area contributed by atoms with E-state index < -0.39 is 5.91 Å². The van der Waals surface area contributed by atoms with E-state index in [1.807, 2.05) is 13.8 Å². The lowest BCUT2D eigenvalue weighted by atomic mass is 10.4. The van der Waals surface area contributed by atoms with Crippen LogP contribution in [-0.4, -0.2) is 18.9 Å². The van der Waals surface area contributed by atoms with E-state index in [1.54, 1.807) is 0 Å². The monoisotopic (exact) mass is 146 g/mol. The van der Waals surface area contributed by atoms with Crippen LogP contribution >= 0.6 is 0 Å². The largest absolute Gasteiger partial charge is 0.370 e. The summed E-state index contributed by atoms with van der Waals surface area (Å²) in [5, 5.41) is 2.30. The molecule has 0 aliphatic carbocycles. The van der Waals surface area contributed by atoms with E-state index in [0.717, 1.165) is 0 Å². The van der Waals surface area contributed by atoms with Gasteiger partial charge in [0, 0.05) is 13.0 Å². The number of primary amides is 1. The van der Waals surface area contributed by atoms with Crippen LogP contribution in [-0.2, 0) is 9.59 Å². The van der Waals surface area contributed by atoms with Gasteiger partial charge in [0.25, 0.3) is 0 Å². The topological polar surface area (TPSA) is 72.2 Å². The lowest BCUT2D eigenvalue weighted by Gasteiger charge is -1.90. The quantitative estimate of drug-likeness (QED) is 0.419. The Kier molecular flexibility index (Phi) is 12.7. The van der Waals surface area contributed by atoms with Crippen LogP contribution in [0.15, 0.2) is 0 Å². The Morgan fingerprint density at radius 3 is 2.40 bits per heavy atom. The number of hydrogen-bond acceptors (Lipinski definition) is 2. The molecule has 0 aromatic carbocycles. The number of rotatable bonds is 4. The van der Waals surface area contributed by atoms with Gasteiger partial charge in [-0.25, -0.2) is 0 Å². The van der Waals surface area contributed by atoms with Crippen molar-refractivity contribution >= 4 is 12.3 Å². The Bertz CT molecular complexity index is 93.7. The van der Waals surface area contributed by atoms with Crippen molar-refractivity contribution in [1.82, 2.24) is 5.32 Å². The molecule has 3 N–H and O–H groups in total. The van der Waals surface area contributed by atoms with Crippen LogP contribution in [0.3, 0.4) is 0 Å². The minimum atomic E-state index is -0.403. The van der Waals surface area contributed by atoms with Gasteiger partial charge < -0.3 is 11.1 Å². The maximum Gasteiger partial charge on any atom is 0.219 e. The maximum absolute atomic E-state index is 9.94. The van der Waals surface area contributed by atoms with Gasteiger partial charge in [0.05, 0.1) is 0 Å². The molecule has 60 valence electrons. The second kappa shape index (κ2) is 10.8. The van der Waals surface area contributed by atoms with Crippen molar-refractivity contribution in [3.63, 3.8) is 0 Å². The summed E-state index contributed by atoms with van der Waals surface area (Å²) in [6.07, 6.45) is 0.738. The summed E-state index contributed by atoms with van der Waals surface area (Å²) in [5.74, 6) is -0.403. The summed E-state index contributed by atoms with van der Waals surface area (Å²) in [5.41, 5.74) is 4.74. The SMILES string of the molecule is CC.NC(=O)CCNC=O. The van der Waals surface area contributed by atoms with Crippen LogP contribution in [0.25, 0.3) is 0 Å². The van der Waals surface area contributed by atoms with Gasteiger partial charge in [-0.3, -0.25) is 9.59 Å². The first-order chi connectivity index (χ1) is 4.77. The highest BCUT2D eigenvalue weighted by atomic mass is 16.1. The fraction of sp³-hybridized carbons (Fsp3) is 0.667. The predicted molar refractivity (Wildman–Crippen MR) is 39.2 cm³/mol. The second-order valence-corrected chi connectivity index (χ2v) is 1.29. The highest BCUT2D eigenvalue weighted by Gasteiger charge is 1.89. The molecule has 0 atom stereocenters. The highest BCUT2D eigenvalue weighted by Crippen LogP contribution is 1.67. The Hall–Kier alpha value is -1.06. The molecule has 0 bridgehead atoms. The number of nitrogens with two attached hydrogens (primary N) is 1. The summed E-state index contributed by atoms with van der Waals surface area (Å²) < 4.78 is 0. The molecular formula is C6H14N2O2. The van der Waals surface area contributed by atoms with E-state index in [1.165, 1.54) is 0 Å². The first-order valence-corrected chi connectivity index (χ1v) is 3.22. The zero-order chi connectivity index (χ0) is 8.41. The van der Waals surface area contributed by atoms with E-state index >= 15 is 0 Å². The zero-order valence-corrected chi connectivity index (χ0v) is 6.39. The molecule has 0 rings (SSSR count). The summed E-state index contributed by atoms with van der Waals surface area (Å²) in [6.45, 7) is 4.33. The molecule has 4 heteroatoms. The van der Waals surface area contributed by atoms with Crippen molar-refractivity contribution in [3.8, 4) is 0 Å². The van der Waals surface area contributed by atoms with Crippen LogP contribution in [0, 0.1) is 0 Å². The molecule has 0 unspecified atom stereocenters. The third-order valence-corrected chi connectivity index (χ3v) is 0.599. The number of carbonyl (C=O) groups excluding carboxylic acids is 2. The second-order valence-electron chi connectivity index (χ2n) is 1.29. The van der Waals surface area contributed by atoms with Gasteiger partial charge in [0.2, 0.25) is 12.3 Å². The predicted octanol–water partition coefficient (Wildman–Crippen LogP) is -0.366. The fourth-order valence-corrected chi connectivity index (χ4v) is 0.254. The average molecular weight is 146 g/mol. The Morgan fingerprint density at radius 1 is 1.60 bits per heavy atom. The first-order valence-electron chi connectivity index (χ1n) is 3.22. The standard InChI is InChI=1S/C4H8N2O2.C2H6/c5-4(8)1-2-6-3-7;1-2/h3H,1-2H2,(H2,5,8)(H,6,7);1-2H3. The lowest BCUT2D eigenvalue weighted by Crippen LogP contribution is -2.20. The third-order valence-electron chi connectivity index (χ3n) is 0.599. The minimum Gasteiger partial charge on any atom is -0.370 e. The van der Waals surface area contributed by atoms with Crippen molar-refractivity contribution in [2.75, 3.05) is 6.54 Å². The Balaban J connectivity index is 0. The molecule has 0 aliphatic rings. The molecule has 0 aliphatic heterocycles. The van der Waals surface area contributed by atoms with Crippen molar-refractivity contribution in [1.29, 1.82) is 0 Å². The number of carbonyl (C=O) groups is 2. The van der Waals surface area contributed by atoms with E-state index in [4.69, 9.17) is 5.73 Å². The fourth-order valence-electron chi connectivity index (χ4n) is 0.254. The molecule has 0 spiro atoms. The number of nitrogens with one attached hydrogen (secondary N) is 1. The minimum absolute atomic E-state index is 0.207. The summed E-state index contributed by atoms with van der Waals surface area (Å²) in [4.78, 5) is 19.5. The van der Waals surface area contributed by atoms with Gasteiger partial charge >= 0.3 is 0 Å². The smallest absolute Gasteiger partial charge is 0.219 e. The number of hydrogen-bond donors (Lipinski definition) is 2. The van der Waals surface area contributed by atoms with Crippen LogP contribution in [0.2, 0.25) is 0 Å². The Labute approximate surface area is 60.8 Å². The van der Waals surface area contributed by atoms with Gasteiger partial charge in [0.15, 0.2) is 0 Å². The lowest BCUT2D eigenvalue weighted by molar-refractivity contribution is -0.118. The first kappa shape index (κ1) is 11.7. The van der Waals surface area contributed by atoms with E-state index in [9.17, 15) is 9.59 Å². The summed E-state index contributed by atoms with van der Waals surface area (Å²) in [6, 6.07) is 0. The van der Waals surface area contributed by atoms with E-state index in [2.05, 4.69) is 5.32 Å². The van der Waals surface area contributed by atoms with Gasteiger partial charge in [0.1, 0.15) is 0 Å². The van der Waals surface area contributed by atoms with E-state index in [-0.39, 0.29) is 6.42 Å². The van der Waals surface area contributed by atoms with Gasteiger partial charge in [-0.1, -0.05) is 13.8 Å². The molecule has 0 saturated carbocycles. The zero-order valence-electron chi connectivity index (χ0n) is 6.39. The van der Waals surface area contributed by atoms with Crippen molar-refractivity contribution in [3.05, 3.63) is 0 Å². The van der Waals surface area contributed by atoms with Crippen LogP contribution in [0.4, 0.5) is 0 Å². The van der Waals surface area contributed by atoms with E-state index in [0.29, 0.717) is 13.0 Å². The van der Waals surface area contributed by atoms with Crippen molar-refractivity contribution < 1.29 is 9.59 Å². The summed E-state index contributed by atoms with van der Waals surface area (Å²) >= 11 is 0. The van der Waals surface area contributed by atoms with Gasteiger partial charge in [-0.15, -0.1) is 0 Å². The van der Waals surface area contributed by atoms with Crippen LogP contribution < -0.4 is 11.1 Å². The third kappa shape index (κ3) is 15.8. The molecule has 0 saturated heterocycles. The number of amides is 2. The van der Waals surface area contributed by atoms with Crippen molar-refractivity contribution in [2.45, 2.75) is 20.3 Å². The molecule has 0 aromatic rings. The van der Waals surface area contributed by atoms with Crippen molar-refractivity contribution in [2.24, 2.45) is 5.73 Å². The van der Waals surface area contributed by atoms with Crippen LogP contribution in [0.5, 0.6) is 0 Å². The average Bonchev–Trinajstić information content (AvgIpc) is 1.92. The summed E-state index contributed by atoms with van der Waals surface area (Å²) in [7, 11) is 0. The van der Waals surface area contributed by atoms with Gasteiger partial charge in [-0.2, -0.15) is 0 Å². The molecule has 0 radical (unpaired) electrons. The molecule has 4 nitrogen and oxygen atoms in total. The normalized spacial score (nSPS) is 7.00. The highest BCUT2D eigenvalue weighted by molar-refractivity contribution is 5.74. The molecular weight excluding hydrogens is 132 g/mol. The molecule has 2 amide bonds. The molecule has 10 heavy (non-hydrogen) atoms. The molecule has 0 aromatic heterocycles. The molecule has 0 fully saturated rings. The van der Waals surface area contributed by atoms with Gasteiger partial charge in [-0.05, 0) is 0 Å². The Morgan fingerprint density at radius 2 is 2.10 bits per heavy atom. The van der Waals surface area contributed by atoms with Crippen LogP contribution in [0.1, 0.15) is 20.3 Å².